The summed E-state index contributed by atoms with van der Waals surface area (Å²) in [6.07, 6.45) is 0.276. The second kappa shape index (κ2) is 3.27. The van der Waals surface area contributed by atoms with E-state index >= 15 is 0 Å². The summed E-state index contributed by atoms with van der Waals surface area (Å²) in [7, 11) is 0. The van der Waals surface area contributed by atoms with Crippen LogP contribution in [0.2, 0.25) is 0 Å². The average molecular weight is 206 g/mol. The van der Waals surface area contributed by atoms with Gasteiger partial charge < -0.3 is 15.6 Å². The van der Waals surface area contributed by atoms with E-state index in [-0.39, 0.29) is 18.1 Å². The SMILES string of the molecule is C/C(=N\O)c1cc2c(cc1O)CC(=O)N2. The number of benzene rings is 1. The van der Waals surface area contributed by atoms with Crippen molar-refractivity contribution in [2.45, 2.75) is 13.3 Å². The standard InChI is InChI=1S/C10H10N2O3/c1-5(12-15)7-4-8-6(2-9(7)13)3-10(14)11-8/h2,4,13,15H,3H2,1H3,(H,11,14)/b12-5+. The number of amides is 1. The zero-order chi connectivity index (χ0) is 11.0. The molecule has 1 aliphatic rings. The molecule has 1 aromatic rings. The first-order valence-electron chi connectivity index (χ1n) is 4.46. The van der Waals surface area contributed by atoms with Crippen molar-refractivity contribution >= 4 is 17.3 Å². The molecule has 0 bridgehead atoms. The molecule has 1 heterocycles. The number of phenolic OH excluding ortho intramolecular Hbond substituents is 1. The van der Waals surface area contributed by atoms with Gasteiger partial charge in [0.1, 0.15) is 5.75 Å². The molecule has 0 spiro atoms. The molecule has 1 amide bonds. The maximum atomic E-state index is 11.1. The first-order chi connectivity index (χ1) is 7.11. The third-order valence-electron chi connectivity index (χ3n) is 2.39. The minimum absolute atomic E-state index is 0.0144. The van der Waals surface area contributed by atoms with Crippen molar-refractivity contribution < 1.29 is 15.1 Å². The summed E-state index contributed by atoms with van der Waals surface area (Å²) >= 11 is 0. The Morgan fingerprint density at radius 2 is 2.27 bits per heavy atom. The highest BCUT2D eigenvalue weighted by atomic mass is 16.4. The highest BCUT2D eigenvalue weighted by Crippen LogP contribution is 2.30. The largest absolute Gasteiger partial charge is 0.507 e. The van der Waals surface area contributed by atoms with Gasteiger partial charge in [-0.15, -0.1) is 0 Å². The summed E-state index contributed by atoms with van der Waals surface area (Å²) in [5.41, 5.74) is 2.14. The van der Waals surface area contributed by atoms with Gasteiger partial charge in [-0.3, -0.25) is 4.79 Å². The average Bonchev–Trinajstić information content (AvgIpc) is 2.55. The highest BCUT2D eigenvalue weighted by molar-refractivity contribution is 6.05. The fourth-order valence-corrected chi connectivity index (χ4v) is 1.61. The molecular weight excluding hydrogens is 196 g/mol. The summed E-state index contributed by atoms with van der Waals surface area (Å²) in [6, 6.07) is 3.11. The molecule has 0 saturated carbocycles. The molecule has 0 fully saturated rings. The van der Waals surface area contributed by atoms with Crippen LogP contribution in [-0.4, -0.2) is 21.9 Å². The second-order valence-electron chi connectivity index (χ2n) is 3.44. The first kappa shape index (κ1) is 9.51. The number of fused-ring (bicyclic) bond motifs is 1. The van der Waals surface area contributed by atoms with Crippen molar-refractivity contribution in [2.24, 2.45) is 5.16 Å². The molecule has 5 heteroatoms. The van der Waals surface area contributed by atoms with Gasteiger partial charge in [0.25, 0.3) is 0 Å². The maximum Gasteiger partial charge on any atom is 0.228 e. The van der Waals surface area contributed by atoms with Gasteiger partial charge in [0.15, 0.2) is 0 Å². The molecule has 0 saturated heterocycles. The molecule has 5 nitrogen and oxygen atoms in total. The smallest absolute Gasteiger partial charge is 0.228 e. The van der Waals surface area contributed by atoms with Crippen molar-refractivity contribution in [1.82, 2.24) is 0 Å². The number of carbonyl (C=O) groups excluding carboxylic acids is 1. The molecule has 1 aliphatic heterocycles. The monoisotopic (exact) mass is 206 g/mol. The van der Waals surface area contributed by atoms with Gasteiger partial charge in [-0.1, -0.05) is 5.16 Å². The Bertz CT molecular complexity index is 466. The van der Waals surface area contributed by atoms with Crippen LogP contribution in [0.1, 0.15) is 18.1 Å². The van der Waals surface area contributed by atoms with Gasteiger partial charge in [-0.25, -0.2) is 0 Å². The molecule has 2 rings (SSSR count). The molecular formula is C10H10N2O3. The van der Waals surface area contributed by atoms with Gasteiger partial charge in [-0.05, 0) is 24.6 Å². The zero-order valence-corrected chi connectivity index (χ0v) is 8.11. The van der Waals surface area contributed by atoms with Crippen molar-refractivity contribution in [3.63, 3.8) is 0 Å². The Morgan fingerprint density at radius 3 is 2.93 bits per heavy atom. The lowest BCUT2D eigenvalue weighted by Gasteiger charge is -2.05. The normalized spacial score (nSPS) is 15.0. The van der Waals surface area contributed by atoms with E-state index in [2.05, 4.69) is 10.5 Å². The minimum atomic E-state index is -0.0971. The van der Waals surface area contributed by atoms with Crippen LogP contribution in [0.25, 0.3) is 0 Å². The van der Waals surface area contributed by atoms with Crippen LogP contribution >= 0.6 is 0 Å². The van der Waals surface area contributed by atoms with E-state index in [1.807, 2.05) is 0 Å². The molecule has 0 aromatic heterocycles. The van der Waals surface area contributed by atoms with E-state index < -0.39 is 0 Å². The molecule has 15 heavy (non-hydrogen) atoms. The van der Waals surface area contributed by atoms with Crippen molar-refractivity contribution in [2.75, 3.05) is 5.32 Å². The number of hydrogen-bond donors (Lipinski definition) is 3. The predicted octanol–water partition coefficient (Wildman–Crippen LogP) is 1.08. The predicted molar refractivity (Wildman–Crippen MR) is 54.4 cm³/mol. The van der Waals surface area contributed by atoms with Crippen LogP contribution in [0, 0.1) is 0 Å². The quantitative estimate of drug-likeness (QED) is 0.278. The van der Waals surface area contributed by atoms with E-state index in [1.165, 1.54) is 6.07 Å². The zero-order valence-electron chi connectivity index (χ0n) is 8.11. The van der Waals surface area contributed by atoms with Crippen LogP contribution in [-0.2, 0) is 11.2 Å². The first-order valence-corrected chi connectivity index (χ1v) is 4.46. The summed E-state index contributed by atoms with van der Waals surface area (Å²) in [5.74, 6) is -0.0827. The van der Waals surface area contributed by atoms with E-state index in [4.69, 9.17) is 5.21 Å². The Kier molecular flexibility index (Phi) is 2.07. The molecule has 0 aliphatic carbocycles. The fraction of sp³-hybridized carbons (Fsp3) is 0.200. The highest BCUT2D eigenvalue weighted by Gasteiger charge is 2.20. The molecule has 0 radical (unpaired) electrons. The Labute approximate surface area is 86.0 Å². The Balaban J connectivity index is 2.53. The third-order valence-corrected chi connectivity index (χ3v) is 2.39. The number of carbonyl (C=O) groups is 1. The number of nitrogens with zero attached hydrogens (tertiary/aromatic N) is 1. The minimum Gasteiger partial charge on any atom is -0.507 e. The van der Waals surface area contributed by atoms with Crippen LogP contribution in [0.5, 0.6) is 5.75 Å². The lowest BCUT2D eigenvalue weighted by atomic mass is 10.0. The number of hydrogen-bond acceptors (Lipinski definition) is 4. The Morgan fingerprint density at radius 1 is 1.53 bits per heavy atom. The van der Waals surface area contributed by atoms with Crippen LogP contribution < -0.4 is 5.32 Å². The van der Waals surface area contributed by atoms with Crippen molar-refractivity contribution in [3.05, 3.63) is 23.3 Å². The summed E-state index contributed by atoms with van der Waals surface area (Å²) < 4.78 is 0. The lowest BCUT2D eigenvalue weighted by Crippen LogP contribution is -2.04. The molecule has 0 atom stereocenters. The summed E-state index contributed by atoms with van der Waals surface area (Å²) in [4.78, 5) is 11.1. The van der Waals surface area contributed by atoms with Gasteiger partial charge >= 0.3 is 0 Å². The fourth-order valence-electron chi connectivity index (χ4n) is 1.61. The van der Waals surface area contributed by atoms with Gasteiger partial charge in [0.05, 0.1) is 12.1 Å². The number of rotatable bonds is 1. The number of anilines is 1. The van der Waals surface area contributed by atoms with Gasteiger partial charge in [0.2, 0.25) is 5.91 Å². The number of oxime groups is 1. The number of aromatic hydroxyl groups is 1. The van der Waals surface area contributed by atoms with E-state index in [9.17, 15) is 9.90 Å². The molecule has 1 aromatic carbocycles. The lowest BCUT2D eigenvalue weighted by molar-refractivity contribution is -0.115. The molecule has 3 N–H and O–H groups in total. The maximum absolute atomic E-state index is 11.1. The third kappa shape index (κ3) is 1.52. The van der Waals surface area contributed by atoms with Crippen molar-refractivity contribution in [3.8, 4) is 5.75 Å². The van der Waals surface area contributed by atoms with E-state index in [0.29, 0.717) is 17.0 Å². The van der Waals surface area contributed by atoms with Crippen molar-refractivity contribution in [1.29, 1.82) is 0 Å². The van der Waals surface area contributed by atoms with E-state index in [0.717, 1.165) is 5.56 Å². The summed E-state index contributed by atoms with van der Waals surface area (Å²) in [6.45, 7) is 1.57. The van der Waals surface area contributed by atoms with Gasteiger partial charge in [-0.2, -0.15) is 0 Å². The summed E-state index contributed by atoms with van der Waals surface area (Å²) in [5, 5.41) is 23.9. The van der Waals surface area contributed by atoms with E-state index in [1.54, 1.807) is 13.0 Å². The molecule has 0 unspecified atom stereocenters. The van der Waals surface area contributed by atoms with Crippen LogP contribution in [0.15, 0.2) is 17.3 Å². The Hall–Kier alpha value is -2.04. The topological polar surface area (TPSA) is 81.9 Å². The number of nitrogens with one attached hydrogen (secondary N) is 1. The van der Waals surface area contributed by atoms with Crippen LogP contribution in [0.4, 0.5) is 5.69 Å². The molecule has 78 valence electrons. The second-order valence-corrected chi connectivity index (χ2v) is 3.44. The number of phenols is 1. The van der Waals surface area contributed by atoms with Gasteiger partial charge in [0, 0.05) is 11.3 Å². The van der Waals surface area contributed by atoms with Crippen LogP contribution in [0.3, 0.4) is 0 Å².